The van der Waals surface area contributed by atoms with Gasteiger partial charge in [-0.15, -0.1) is 0 Å². The summed E-state index contributed by atoms with van der Waals surface area (Å²) in [6, 6.07) is 4.15. The van der Waals surface area contributed by atoms with Crippen LogP contribution in [0.3, 0.4) is 0 Å². The number of piperazine rings is 1. The van der Waals surface area contributed by atoms with Gasteiger partial charge in [-0.2, -0.15) is 0 Å². The van der Waals surface area contributed by atoms with Crippen LogP contribution in [0.15, 0.2) is 48.1 Å². The van der Waals surface area contributed by atoms with E-state index in [1.807, 2.05) is 19.4 Å². The van der Waals surface area contributed by atoms with Gasteiger partial charge >= 0.3 is 0 Å². The van der Waals surface area contributed by atoms with Crippen molar-refractivity contribution in [2.75, 3.05) is 44.7 Å². The molecule has 1 unspecified atom stereocenters. The molecule has 1 aromatic heterocycles. The first-order valence-electron chi connectivity index (χ1n) is 9.42. The molecule has 1 aliphatic carbocycles. The topological polar surface area (TPSA) is 60.5 Å². The SMILES string of the molecule is CNCCC(=O)NC1=CC=C(N2CCN(c3ccncc3)CC2)CC1C. The normalized spacial score (nSPS) is 20.5. The molecule has 0 saturated carbocycles. The number of aromatic nitrogens is 1. The predicted octanol–water partition coefficient (Wildman–Crippen LogP) is 1.74. The summed E-state index contributed by atoms with van der Waals surface area (Å²) < 4.78 is 0. The molecule has 2 aliphatic rings. The molecule has 1 fully saturated rings. The Balaban J connectivity index is 1.55. The fourth-order valence-corrected chi connectivity index (χ4v) is 3.51. The Morgan fingerprint density at radius 2 is 1.85 bits per heavy atom. The summed E-state index contributed by atoms with van der Waals surface area (Å²) in [5.74, 6) is 0.423. The minimum Gasteiger partial charge on any atom is -0.371 e. The molecule has 3 rings (SSSR count). The minimum absolute atomic E-state index is 0.0836. The summed E-state index contributed by atoms with van der Waals surface area (Å²) in [5, 5.41) is 6.07. The maximum atomic E-state index is 11.9. The van der Waals surface area contributed by atoms with Crippen molar-refractivity contribution in [2.45, 2.75) is 19.8 Å². The highest BCUT2D eigenvalue weighted by Crippen LogP contribution is 2.27. The number of carbonyl (C=O) groups is 1. The van der Waals surface area contributed by atoms with Gasteiger partial charge in [0, 0.05) is 74.5 Å². The fraction of sp³-hybridized carbons (Fsp3) is 0.500. The van der Waals surface area contributed by atoms with Crippen LogP contribution in [-0.4, -0.2) is 55.6 Å². The van der Waals surface area contributed by atoms with E-state index in [9.17, 15) is 4.79 Å². The van der Waals surface area contributed by atoms with Crippen LogP contribution in [0.5, 0.6) is 0 Å². The first-order valence-corrected chi connectivity index (χ1v) is 9.42. The Morgan fingerprint density at radius 3 is 2.50 bits per heavy atom. The van der Waals surface area contributed by atoms with Crippen LogP contribution in [0, 0.1) is 5.92 Å². The molecule has 6 heteroatoms. The van der Waals surface area contributed by atoms with Crippen molar-refractivity contribution in [3.8, 4) is 0 Å². The van der Waals surface area contributed by atoms with Crippen molar-refractivity contribution in [1.29, 1.82) is 0 Å². The van der Waals surface area contributed by atoms with Crippen LogP contribution in [-0.2, 0) is 4.79 Å². The number of allylic oxidation sites excluding steroid dienone is 4. The summed E-state index contributed by atoms with van der Waals surface area (Å²) in [4.78, 5) is 20.9. The Labute approximate surface area is 156 Å². The Kier molecular flexibility index (Phi) is 6.28. The van der Waals surface area contributed by atoms with Gasteiger partial charge in [0.25, 0.3) is 0 Å². The molecule has 1 aromatic rings. The molecule has 6 nitrogen and oxygen atoms in total. The summed E-state index contributed by atoms with van der Waals surface area (Å²) in [7, 11) is 1.86. The van der Waals surface area contributed by atoms with Crippen LogP contribution in [0.4, 0.5) is 5.69 Å². The first-order chi connectivity index (χ1) is 12.7. The van der Waals surface area contributed by atoms with E-state index in [-0.39, 0.29) is 5.91 Å². The van der Waals surface area contributed by atoms with Crippen LogP contribution in [0.25, 0.3) is 0 Å². The number of carbonyl (C=O) groups excluding carboxylic acids is 1. The molecule has 2 heterocycles. The van der Waals surface area contributed by atoms with Crippen LogP contribution in [0.2, 0.25) is 0 Å². The number of anilines is 1. The van der Waals surface area contributed by atoms with E-state index in [4.69, 9.17) is 0 Å². The van der Waals surface area contributed by atoms with Crippen LogP contribution < -0.4 is 15.5 Å². The number of hydrogen-bond donors (Lipinski definition) is 2. The lowest BCUT2D eigenvalue weighted by atomic mass is 9.95. The highest BCUT2D eigenvalue weighted by atomic mass is 16.1. The standard InChI is InChI=1S/C20H29N5O/c1-16-15-18(3-4-19(16)23-20(26)7-8-21-2)25-13-11-24(12-14-25)17-5-9-22-10-6-17/h3-6,9-10,16,21H,7-8,11-15H2,1-2H3,(H,23,26). The number of nitrogens with zero attached hydrogens (tertiary/aromatic N) is 3. The lowest BCUT2D eigenvalue weighted by molar-refractivity contribution is -0.120. The predicted molar refractivity (Wildman–Crippen MR) is 105 cm³/mol. The molecule has 1 aliphatic heterocycles. The van der Waals surface area contributed by atoms with Crippen LogP contribution >= 0.6 is 0 Å². The van der Waals surface area contributed by atoms with Gasteiger partial charge in [-0.3, -0.25) is 9.78 Å². The lowest BCUT2D eigenvalue weighted by Crippen LogP contribution is -2.46. The van der Waals surface area contributed by atoms with Crippen LogP contribution in [0.1, 0.15) is 19.8 Å². The summed E-state index contributed by atoms with van der Waals surface area (Å²) in [5.41, 5.74) is 3.66. The number of rotatable bonds is 6. The minimum atomic E-state index is 0.0836. The highest BCUT2D eigenvalue weighted by molar-refractivity contribution is 5.78. The van der Waals surface area contributed by atoms with Gasteiger partial charge in [0.05, 0.1) is 0 Å². The molecule has 2 N–H and O–H groups in total. The van der Waals surface area contributed by atoms with Crippen molar-refractivity contribution < 1.29 is 4.79 Å². The largest absolute Gasteiger partial charge is 0.371 e. The van der Waals surface area contributed by atoms with Gasteiger partial charge in [0.1, 0.15) is 0 Å². The lowest BCUT2D eigenvalue weighted by Gasteiger charge is -2.40. The fourth-order valence-electron chi connectivity index (χ4n) is 3.51. The quantitative estimate of drug-likeness (QED) is 0.814. The zero-order valence-electron chi connectivity index (χ0n) is 15.7. The maximum Gasteiger partial charge on any atom is 0.225 e. The van der Waals surface area contributed by atoms with E-state index in [0.717, 1.165) is 38.3 Å². The Hall–Kier alpha value is -2.34. The molecule has 1 atom stereocenters. The van der Waals surface area contributed by atoms with Crippen molar-refractivity contribution in [1.82, 2.24) is 20.5 Å². The second-order valence-corrected chi connectivity index (χ2v) is 6.97. The highest BCUT2D eigenvalue weighted by Gasteiger charge is 2.23. The molecule has 1 amide bonds. The zero-order valence-corrected chi connectivity index (χ0v) is 15.7. The number of hydrogen-bond acceptors (Lipinski definition) is 5. The Bertz CT molecular complexity index is 662. The first kappa shape index (κ1) is 18.5. The van der Waals surface area contributed by atoms with E-state index in [1.165, 1.54) is 11.4 Å². The van der Waals surface area contributed by atoms with Crippen molar-refractivity contribution >= 4 is 11.6 Å². The van der Waals surface area contributed by atoms with E-state index in [2.05, 4.69) is 56.6 Å². The van der Waals surface area contributed by atoms with Gasteiger partial charge in [0.2, 0.25) is 5.91 Å². The monoisotopic (exact) mass is 355 g/mol. The molecular weight excluding hydrogens is 326 g/mol. The average molecular weight is 355 g/mol. The molecule has 0 radical (unpaired) electrons. The molecule has 1 saturated heterocycles. The summed E-state index contributed by atoms with van der Waals surface area (Å²) in [6.07, 6.45) is 9.45. The third kappa shape index (κ3) is 4.64. The van der Waals surface area contributed by atoms with E-state index in [1.54, 1.807) is 0 Å². The molecule has 0 spiro atoms. The third-order valence-electron chi connectivity index (χ3n) is 5.10. The van der Waals surface area contributed by atoms with Crippen molar-refractivity contribution in [3.63, 3.8) is 0 Å². The average Bonchev–Trinajstić information content (AvgIpc) is 2.69. The van der Waals surface area contributed by atoms with Crippen molar-refractivity contribution in [3.05, 3.63) is 48.1 Å². The van der Waals surface area contributed by atoms with Gasteiger partial charge in [-0.1, -0.05) is 6.92 Å². The maximum absolute atomic E-state index is 11.9. The van der Waals surface area contributed by atoms with Gasteiger partial charge in [-0.05, 0) is 37.8 Å². The Morgan fingerprint density at radius 1 is 1.15 bits per heavy atom. The van der Waals surface area contributed by atoms with E-state index in [0.29, 0.717) is 18.9 Å². The molecule has 26 heavy (non-hydrogen) atoms. The molecule has 140 valence electrons. The second-order valence-electron chi connectivity index (χ2n) is 6.97. The molecule has 0 bridgehead atoms. The smallest absolute Gasteiger partial charge is 0.225 e. The second kappa shape index (κ2) is 8.85. The van der Waals surface area contributed by atoms with Gasteiger partial charge in [-0.25, -0.2) is 0 Å². The molecular formula is C20H29N5O. The number of amides is 1. The molecule has 0 aromatic carbocycles. The van der Waals surface area contributed by atoms with E-state index < -0.39 is 0 Å². The van der Waals surface area contributed by atoms with Gasteiger partial charge < -0.3 is 20.4 Å². The summed E-state index contributed by atoms with van der Waals surface area (Å²) >= 11 is 0. The van der Waals surface area contributed by atoms with E-state index >= 15 is 0 Å². The number of nitrogens with one attached hydrogen (secondary N) is 2. The van der Waals surface area contributed by atoms with Crippen molar-refractivity contribution in [2.24, 2.45) is 5.92 Å². The number of pyridine rings is 1. The van der Waals surface area contributed by atoms with Gasteiger partial charge in [0.15, 0.2) is 0 Å². The summed E-state index contributed by atoms with van der Waals surface area (Å²) in [6.45, 7) is 6.98. The third-order valence-corrected chi connectivity index (χ3v) is 5.10. The zero-order chi connectivity index (χ0) is 18.4.